The maximum absolute atomic E-state index is 9.53. The first kappa shape index (κ1) is 38.4. The van der Waals surface area contributed by atoms with E-state index in [-0.39, 0.29) is 174 Å². The summed E-state index contributed by atoms with van der Waals surface area (Å²) in [6.07, 6.45) is 5.59. The minimum absolute atomic E-state index is 0. The Kier molecular flexibility index (Phi) is 106. The van der Waals surface area contributed by atoms with Crippen molar-refractivity contribution >= 4 is 0 Å². The van der Waals surface area contributed by atoms with Crippen LogP contribution in [0.3, 0.4) is 0 Å². The van der Waals surface area contributed by atoms with Gasteiger partial charge in [0.05, 0.1) is 0 Å². The van der Waals surface area contributed by atoms with Crippen molar-refractivity contribution in [3.8, 4) is 0 Å². The number of hydrogen-bond acceptors (Lipinski definition) is 3. The van der Waals surface area contributed by atoms with E-state index in [1.807, 2.05) is 20.8 Å². The molecule has 3 nitrogen and oxygen atoms in total. The SMILES string of the molecule is CCCC[O-].CCCC[O-].CCCC[O-].[K+].[K+].[K+]. The number of rotatable bonds is 6. The summed E-state index contributed by atoms with van der Waals surface area (Å²) in [5.74, 6) is 0. The predicted molar refractivity (Wildman–Crippen MR) is 59.3 cm³/mol. The molecule has 0 unspecified atom stereocenters. The molecule has 96 valence electrons. The Morgan fingerprint density at radius 3 is 0.667 bits per heavy atom. The van der Waals surface area contributed by atoms with E-state index in [4.69, 9.17) is 0 Å². The van der Waals surface area contributed by atoms with E-state index in [1.165, 1.54) is 0 Å². The van der Waals surface area contributed by atoms with Crippen molar-refractivity contribution in [2.45, 2.75) is 59.3 Å². The zero-order valence-electron chi connectivity index (χ0n) is 13.6. The van der Waals surface area contributed by atoms with Crippen molar-refractivity contribution in [1.29, 1.82) is 0 Å². The summed E-state index contributed by atoms with van der Waals surface area (Å²) in [6, 6.07) is 0. The van der Waals surface area contributed by atoms with Crippen molar-refractivity contribution in [2.24, 2.45) is 0 Å². The fourth-order valence-corrected chi connectivity index (χ4v) is 0.433. The monoisotopic (exact) mass is 336 g/mol. The Morgan fingerprint density at radius 1 is 0.500 bits per heavy atom. The van der Waals surface area contributed by atoms with E-state index >= 15 is 0 Å². The topological polar surface area (TPSA) is 69.2 Å². The fraction of sp³-hybridized carbons (Fsp3) is 1.00. The first-order valence-corrected chi connectivity index (χ1v) is 5.99. The summed E-state index contributed by atoms with van der Waals surface area (Å²) in [6.45, 7) is 6.32. The second kappa shape index (κ2) is 49.5. The van der Waals surface area contributed by atoms with Gasteiger partial charge in [0.25, 0.3) is 0 Å². The number of hydrogen-bond donors (Lipinski definition) is 0. The molecule has 0 aliphatic heterocycles. The summed E-state index contributed by atoms with van der Waals surface area (Å²) >= 11 is 0. The zero-order valence-corrected chi connectivity index (χ0v) is 23.0. The number of unbranched alkanes of at least 4 members (excludes halogenated alkanes) is 3. The van der Waals surface area contributed by atoms with Crippen LogP contribution in [0.1, 0.15) is 59.3 Å². The van der Waals surface area contributed by atoms with E-state index in [2.05, 4.69) is 0 Å². The van der Waals surface area contributed by atoms with E-state index in [0.29, 0.717) is 0 Å². The van der Waals surface area contributed by atoms with E-state index in [0.717, 1.165) is 38.5 Å². The van der Waals surface area contributed by atoms with Gasteiger partial charge in [-0.15, -0.1) is 19.8 Å². The van der Waals surface area contributed by atoms with Crippen LogP contribution in [0, 0.1) is 0 Å². The van der Waals surface area contributed by atoms with Crippen LogP contribution in [-0.4, -0.2) is 19.8 Å². The van der Waals surface area contributed by atoms with Gasteiger partial charge in [-0.2, -0.15) is 0 Å². The Balaban J connectivity index is -0.0000000277. The van der Waals surface area contributed by atoms with Crippen molar-refractivity contribution in [2.75, 3.05) is 19.8 Å². The molecule has 0 aromatic heterocycles. The molecule has 0 atom stereocenters. The standard InChI is InChI=1S/3C4H9O.3K/c3*1-2-3-4-5;;;/h3*2-4H2,1H3;;;/q3*-1;3*+1. The van der Waals surface area contributed by atoms with Crippen LogP contribution in [0.15, 0.2) is 0 Å². The Labute approximate surface area is 242 Å². The molecule has 0 rings (SSSR count). The van der Waals surface area contributed by atoms with Crippen molar-refractivity contribution in [3.63, 3.8) is 0 Å². The average molecular weight is 337 g/mol. The van der Waals surface area contributed by atoms with Gasteiger partial charge in [0.1, 0.15) is 0 Å². The smallest absolute Gasteiger partial charge is 0.854 e. The summed E-state index contributed by atoms with van der Waals surface area (Å²) in [7, 11) is 0. The fourth-order valence-electron chi connectivity index (χ4n) is 0.433. The Morgan fingerprint density at radius 2 is 0.667 bits per heavy atom. The molecule has 6 heteroatoms. The first-order valence-electron chi connectivity index (χ1n) is 5.99. The minimum atomic E-state index is 0. The summed E-state index contributed by atoms with van der Waals surface area (Å²) in [5, 5.41) is 28.6. The summed E-state index contributed by atoms with van der Waals surface area (Å²) in [5.41, 5.74) is 0. The molecule has 0 aromatic rings. The molecule has 0 saturated heterocycles. The minimum Gasteiger partial charge on any atom is -0.854 e. The van der Waals surface area contributed by atoms with Gasteiger partial charge in [0.15, 0.2) is 0 Å². The molecule has 0 saturated carbocycles. The molecule has 0 fully saturated rings. The van der Waals surface area contributed by atoms with Crippen LogP contribution in [0.5, 0.6) is 0 Å². The molecular weight excluding hydrogens is 309 g/mol. The third-order valence-corrected chi connectivity index (χ3v) is 1.49. The molecule has 0 aromatic carbocycles. The average Bonchev–Trinajstić information content (AvgIpc) is 2.23. The third-order valence-electron chi connectivity index (χ3n) is 1.49. The Bertz CT molecular complexity index is 59.3. The molecular formula is C12H27K3O3. The summed E-state index contributed by atoms with van der Waals surface area (Å²) in [4.78, 5) is 0. The molecule has 18 heavy (non-hydrogen) atoms. The van der Waals surface area contributed by atoms with Crippen molar-refractivity contribution < 1.29 is 169 Å². The van der Waals surface area contributed by atoms with Gasteiger partial charge in [0, 0.05) is 0 Å². The Hall–Kier alpha value is 4.79. The van der Waals surface area contributed by atoms with Crippen LogP contribution >= 0.6 is 0 Å². The molecule has 0 aliphatic rings. The van der Waals surface area contributed by atoms with E-state index in [1.54, 1.807) is 0 Å². The van der Waals surface area contributed by atoms with Crippen LogP contribution in [0.2, 0.25) is 0 Å². The maximum Gasteiger partial charge on any atom is 1.00 e. The van der Waals surface area contributed by atoms with Gasteiger partial charge >= 0.3 is 154 Å². The molecule has 0 amide bonds. The molecule has 0 heterocycles. The van der Waals surface area contributed by atoms with Gasteiger partial charge in [-0.1, -0.05) is 59.3 Å². The molecule has 0 N–H and O–H groups in total. The van der Waals surface area contributed by atoms with Gasteiger partial charge < -0.3 is 15.3 Å². The normalized spacial score (nSPS) is 7.00. The zero-order chi connectivity index (χ0) is 12.4. The third kappa shape index (κ3) is 69.9. The second-order valence-corrected chi connectivity index (χ2v) is 3.17. The van der Waals surface area contributed by atoms with Gasteiger partial charge in [-0.25, -0.2) is 0 Å². The molecule has 0 aliphatic carbocycles. The van der Waals surface area contributed by atoms with Crippen LogP contribution < -0.4 is 169 Å². The van der Waals surface area contributed by atoms with Gasteiger partial charge in [-0.3, -0.25) is 0 Å². The second-order valence-electron chi connectivity index (χ2n) is 3.17. The van der Waals surface area contributed by atoms with Gasteiger partial charge in [-0.05, 0) is 0 Å². The molecule has 0 bridgehead atoms. The molecule has 0 spiro atoms. The summed E-state index contributed by atoms with van der Waals surface area (Å²) < 4.78 is 0. The quantitative estimate of drug-likeness (QED) is 0.452. The van der Waals surface area contributed by atoms with Crippen molar-refractivity contribution in [1.82, 2.24) is 0 Å². The van der Waals surface area contributed by atoms with Crippen molar-refractivity contribution in [3.05, 3.63) is 0 Å². The van der Waals surface area contributed by atoms with Crippen LogP contribution in [-0.2, 0) is 0 Å². The largest absolute Gasteiger partial charge is 1.00 e. The van der Waals surface area contributed by atoms with Crippen LogP contribution in [0.4, 0.5) is 0 Å². The van der Waals surface area contributed by atoms with E-state index < -0.39 is 0 Å². The van der Waals surface area contributed by atoms with Gasteiger partial charge in [0.2, 0.25) is 0 Å². The van der Waals surface area contributed by atoms with E-state index in [9.17, 15) is 15.3 Å². The molecule has 0 radical (unpaired) electrons. The maximum atomic E-state index is 9.53. The van der Waals surface area contributed by atoms with Crippen LogP contribution in [0.25, 0.3) is 0 Å². The first-order chi connectivity index (χ1) is 7.24. The predicted octanol–water partition coefficient (Wildman–Crippen LogP) is -8.55.